The molecule has 1 N–H and O–H groups in total. The Labute approximate surface area is 104 Å². The molecule has 94 valence electrons. The number of nitrogens with one attached hydrogen (secondary N) is 1. The molecule has 1 aromatic rings. The Balaban J connectivity index is 2.04. The SMILES string of the molecule is CC(C)(C)c1ccccc1OC[C@@H]1CCCN1. The van der Waals surface area contributed by atoms with Crippen molar-refractivity contribution in [2.45, 2.75) is 45.1 Å². The van der Waals surface area contributed by atoms with E-state index in [1.807, 2.05) is 6.07 Å². The molecule has 1 atom stereocenters. The normalized spacial score (nSPS) is 20.5. The van der Waals surface area contributed by atoms with Gasteiger partial charge in [0.2, 0.25) is 0 Å². The summed E-state index contributed by atoms with van der Waals surface area (Å²) in [4.78, 5) is 0. The van der Waals surface area contributed by atoms with Gasteiger partial charge in [0.1, 0.15) is 12.4 Å². The van der Waals surface area contributed by atoms with E-state index >= 15 is 0 Å². The Morgan fingerprint density at radius 2 is 2.06 bits per heavy atom. The van der Waals surface area contributed by atoms with Crippen LogP contribution in [0.3, 0.4) is 0 Å². The van der Waals surface area contributed by atoms with Gasteiger partial charge < -0.3 is 10.1 Å². The van der Waals surface area contributed by atoms with Crippen molar-refractivity contribution in [1.82, 2.24) is 5.32 Å². The van der Waals surface area contributed by atoms with Crippen molar-refractivity contribution in [3.05, 3.63) is 29.8 Å². The van der Waals surface area contributed by atoms with E-state index < -0.39 is 0 Å². The van der Waals surface area contributed by atoms with Gasteiger partial charge in [0.15, 0.2) is 0 Å². The van der Waals surface area contributed by atoms with Crippen molar-refractivity contribution in [2.75, 3.05) is 13.2 Å². The second kappa shape index (κ2) is 5.09. The van der Waals surface area contributed by atoms with Crippen LogP contribution in [-0.4, -0.2) is 19.2 Å². The number of hydrogen-bond acceptors (Lipinski definition) is 2. The zero-order valence-electron chi connectivity index (χ0n) is 11.1. The summed E-state index contributed by atoms with van der Waals surface area (Å²) in [6.45, 7) is 8.59. The van der Waals surface area contributed by atoms with Crippen LogP contribution in [0.4, 0.5) is 0 Å². The van der Waals surface area contributed by atoms with Gasteiger partial charge in [0.05, 0.1) is 0 Å². The van der Waals surface area contributed by atoms with Gasteiger partial charge in [-0.15, -0.1) is 0 Å². The Bertz CT molecular complexity index is 361. The van der Waals surface area contributed by atoms with Crippen LogP contribution in [0.1, 0.15) is 39.2 Å². The molecule has 0 amide bonds. The number of hydrogen-bond donors (Lipinski definition) is 1. The molecule has 17 heavy (non-hydrogen) atoms. The number of ether oxygens (including phenoxy) is 1. The topological polar surface area (TPSA) is 21.3 Å². The van der Waals surface area contributed by atoms with Crippen molar-refractivity contribution >= 4 is 0 Å². The van der Waals surface area contributed by atoms with E-state index in [-0.39, 0.29) is 5.41 Å². The smallest absolute Gasteiger partial charge is 0.123 e. The van der Waals surface area contributed by atoms with Gasteiger partial charge in [-0.05, 0) is 36.4 Å². The molecule has 2 heteroatoms. The van der Waals surface area contributed by atoms with Crippen molar-refractivity contribution < 1.29 is 4.74 Å². The molecule has 0 radical (unpaired) electrons. The van der Waals surface area contributed by atoms with E-state index in [9.17, 15) is 0 Å². The first kappa shape index (κ1) is 12.4. The summed E-state index contributed by atoms with van der Waals surface area (Å²) in [6.07, 6.45) is 2.51. The molecule has 0 spiro atoms. The van der Waals surface area contributed by atoms with E-state index in [1.54, 1.807) is 0 Å². The largest absolute Gasteiger partial charge is 0.492 e. The quantitative estimate of drug-likeness (QED) is 0.866. The second-order valence-corrected chi connectivity index (χ2v) is 5.85. The van der Waals surface area contributed by atoms with Gasteiger partial charge in [-0.2, -0.15) is 0 Å². The van der Waals surface area contributed by atoms with E-state index in [2.05, 4.69) is 44.3 Å². The molecule has 0 aromatic heterocycles. The minimum atomic E-state index is 0.139. The lowest BCUT2D eigenvalue weighted by molar-refractivity contribution is 0.271. The third kappa shape index (κ3) is 3.22. The van der Waals surface area contributed by atoms with E-state index in [0.717, 1.165) is 18.9 Å². The van der Waals surface area contributed by atoms with Crippen molar-refractivity contribution in [3.8, 4) is 5.75 Å². The standard InChI is InChI=1S/C15H23NO/c1-15(2,3)13-8-4-5-9-14(13)17-11-12-7-6-10-16-12/h4-5,8-9,12,16H,6-7,10-11H2,1-3H3/t12-/m0/s1. The molecule has 0 bridgehead atoms. The zero-order valence-corrected chi connectivity index (χ0v) is 11.1. The first-order valence-electron chi connectivity index (χ1n) is 6.53. The van der Waals surface area contributed by atoms with Gasteiger partial charge >= 0.3 is 0 Å². The maximum absolute atomic E-state index is 5.99. The maximum atomic E-state index is 5.99. The molecule has 1 fully saturated rings. The molecule has 1 heterocycles. The highest BCUT2D eigenvalue weighted by atomic mass is 16.5. The summed E-state index contributed by atoms with van der Waals surface area (Å²) < 4.78 is 5.99. The fraction of sp³-hybridized carbons (Fsp3) is 0.600. The Morgan fingerprint density at radius 1 is 1.29 bits per heavy atom. The Kier molecular flexibility index (Phi) is 3.72. The third-order valence-corrected chi connectivity index (χ3v) is 3.30. The fourth-order valence-electron chi connectivity index (χ4n) is 2.30. The molecule has 2 nitrogen and oxygen atoms in total. The predicted octanol–water partition coefficient (Wildman–Crippen LogP) is 3.11. The fourth-order valence-corrected chi connectivity index (χ4v) is 2.30. The van der Waals surface area contributed by atoms with Gasteiger partial charge in [-0.3, -0.25) is 0 Å². The molecular formula is C15H23NO. The lowest BCUT2D eigenvalue weighted by Crippen LogP contribution is -2.28. The van der Waals surface area contributed by atoms with Crippen LogP contribution in [0.5, 0.6) is 5.75 Å². The summed E-state index contributed by atoms with van der Waals surface area (Å²) in [5, 5.41) is 3.46. The van der Waals surface area contributed by atoms with Gasteiger partial charge in [0, 0.05) is 6.04 Å². The number of benzene rings is 1. The summed E-state index contributed by atoms with van der Waals surface area (Å²) in [5.74, 6) is 1.04. The first-order valence-corrected chi connectivity index (χ1v) is 6.53. The molecule has 1 saturated heterocycles. The lowest BCUT2D eigenvalue weighted by atomic mass is 9.86. The highest BCUT2D eigenvalue weighted by Crippen LogP contribution is 2.31. The Hall–Kier alpha value is -1.02. The summed E-state index contributed by atoms with van der Waals surface area (Å²) >= 11 is 0. The highest BCUT2D eigenvalue weighted by molar-refractivity contribution is 5.38. The molecule has 0 unspecified atom stereocenters. The second-order valence-electron chi connectivity index (χ2n) is 5.85. The minimum absolute atomic E-state index is 0.139. The molecular weight excluding hydrogens is 210 g/mol. The van der Waals surface area contributed by atoms with Crippen LogP contribution in [0.2, 0.25) is 0 Å². The Morgan fingerprint density at radius 3 is 2.71 bits per heavy atom. The minimum Gasteiger partial charge on any atom is -0.492 e. The van der Waals surface area contributed by atoms with Crippen molar-refractivity contribution in [1.29, 1.82) is 0 Å². The maximum Gasteiger partial charge on any atom is 0.123 e. The number of para-hydroxylation sites is 1. The van der Waals surface area contributed by atoms with E-state index in [0.29, 0.717) is 6.04 Å². The van der Waals surface area contributed by atoms with Crippen LogP contribution in [0.25, 0.3) is 0 Å². The molecule has 1 aromatic carbocycles. The lowest BCUT2D eigenvalue weighted by Gasteiger charge is -2.23. The third-order valence-electron chi connectivity index (χ3n) is 3.30. The molecule has 2 rings (SSSR count). The zero-order chi connectivity index (χ0) is 12.3. The van der Waals surface area contributed by atoms with Crippen LogP contribution < -0.4 is 10.1 Å². The van der Waals surface area contributed by atoms with Crippen molar-refractivity contribution in [3.63, 3.8) is 0 Å². The molecule has 0 saturated carbocycles. The van der Waals surface area contributed by atoms with Crippen LogP contribution in [0.15, 0.2) is 24.3 Å². The summed E-state index contributed by atoms with van der Waals surface area (Å²) in [5.41, 5.74) is 1.43. The van der Waals surface area contributed by atoms with Crippen LogP contribution in [0, 0.1) is 0 Å². The van der Waals surface area contributed by atoms with Gasteiger partial charge in [-0.1, -0.05) is 39.0 Å². The molecule has 0 aliphatic carbocycles. The predicted molar refractivity (Wildman–Crippen MR) is 71.7 cm³/mol. The van der Waals surface area contributed by atoms with E-state index in [4.69, 9.17) is 4.74 Å². The summed E-state index contributed by atoms with van der Waals surface area (Å²) in [6, 6.07) is 8.91. The van der Waals surface area contributed by atoms with E-state index in [1.165, 1.54) is 18.4 Å². The molecule has 1 aliphatic rings. The average molecular weight is 233 g/mol. The van der Waals surface area contributed by atoms with Gasteiger partial charge in [-0.25, -0.2) is 0 Å². The highest BCUT2D eigenvalue weighted by Gasteiger charge is 2.20. The summed E-state index contributed by atoms with van der Waals surface area (Å²) in [7, 11) is 0. The van der Waals surface area contributed by atoms with Gasteiger partial charge in [0.25, 0.3) is 0 Å². The molecule has 1 aliphatic heterocycles. The van der Waals surface area contributed by atoms with Crippen LogP contribution in [-0.2, 0) is 5.41 Å². The number of rotatable bonds is 3. The average Bonchev–Trinajstić information content (AvgIpc) is 2.78. The monoisotopic (exact) mass is 233 g/mol. The van der Waals surface area contributed by atoms with Crippen LogP contribution >= 0.6 is 0 Å². The van der Waals surface area contributed by atoms with Crippen molar-refractivity contribution in [2.24, 2.45) is 0 Å². The first-order chi connectivity index (χ1) is 8.07.